The Morgan fingerprint density at radius 3 is 2.27 bits per heavy atom. The van der Waals surface area contributed by atoms with E-state index in [1.807, 2.05) is 40.9 Å². The van der Waals surface area contributed by atoms with E-state index >= 15 is 0 Å². The number of hydrogen-bond acceptors (Lipinski definition) is 8. The Bertz CT molecular complexity index is 1330. The molecule has 4 aliphatic carbocycles. The molecule has 5 aliphatic rings. The third-order valence-electron chi connectivity index (χ3n) is 15.1. The van der Waals surface area contributed by atoms with Gasteiger partial charge in [-0.05, 0) is 101 Å². The van der Waals surface area contributed by atoms with E-state index in [2.05, 4.69) is 46.4 Å². The number of ether oxygens (including phenoxy) is 4. The standard InChI is InChI=1S/C40H65NO8/c1-23(2)25(5)36(7)15-16-38(9)28-13-14-31-37(8)21-46-22-40(31,29(28)17-32(43)39(38,10)33(36)35(44)45)18-30(49-26(6)42)34(37)48-20-27(41(11)12)19-47-24(3)4/h17,23-25,27-28,30-31,33-34H,13-16,18-22H2,1-12H3,(H,44,45)/t25-,27?,28+,30-,31+,33-,34+,36-,37+,38-,39+,40+/m1/s1. The summed E-state index contributed by atoms with van der Waals surface area (Å²) in [4.78, 5) is 43.1. The van der Waals surface area contributed by atoms with Crippen LogP contribution in [0.4, 0.5) is 0 Å². The van der Waals surface area contributed by atoms with Crippen LogP contribution in [-0.4, -0.2) is 92.6 Å². The Morgan fingerprint density at radius 2 is 1.69 bits per heavy atom. The van der Waals surface area contributed by atoms with Gasteiger partial charge < -0.3 is 29.0 Å². The van der Waals surface area contributed by atoms with Crippen molar-refractivity contribution in [2.45, 2.75) is 126 Å². The first-order valence-electron chi connectivity index (χ1n) is 18.8. The summed E-state index contributed by atoms with van der Waals surface area (Å²) < 4.78 is 25.5. The molecule has 9 nitrogen and oxygen atoms in total. The number of nitrogens with zero attached hydrogens (tertiary/aromatic N) is 1. The SMILES string of the molecule is CC(=O)O[C@@H]1C[C@@]23COC[C@@](C)([C@@H]2CC[C@H]2C3=CC(=O)[C@@]3(C)[C@H](C(=O)O)[C@@](C)([C@H](C)C(C)C)CC[C@]23C)[C@H]1OCC(COC(C)C)N(C)C. The molecule has 1 saturated heterocycles. The summed E-state index contributed by atoms with van der Waals surface area (Å²) in [6.07, 6.45) is 4.91. The lowest BCUT2D eigenvalue weighted by Crippen LogP contribution is -2.71. The maximum Gasteiger partial charge on any atom is 0.308 e. The molecule has 0 amide bonds. The van der Waals surface area contributed by atoms with Crippen LogP contribution in [0.25, 0.3) is 0 Å². The van der Waals surface area contributed by atoms with E-state index in [0.29, 0.717) is 38.8 Å². The van der Waals surface area contributed by atoms with Crippen molar-refractivity contribution in [3.63, 3.8) is 0 Å². The van der Waals surface area contributed by atoms with Gasteiger partial charge in [-0.3, -0.25) is 14.4 Å². The number of ketones is 1. The highest BCUT2D eigenvalue weighted by Gasteiger charge is 2.74. The van der Waals surface area contributed by atoms with Crippen LogP contribution in [-0.2, 0) is 33.3 Å². The van der Waals surface area contributed by atoms with E-state index in [4.69, 9.17) is 18.9 Å². The molecule has 1 heterocycles. The maximum atomic E-state index is 14.9. The number of fused-ring (bicyclic) bond motifs is 3. The normalized spacial score (nSPS) is 43.0. The summed E-state index contributed by atoms with van der Waals surface area (Å²) in [5.41, 5.74) is -2.00. The highest BCUT2D eigenvalue weighted by Crippen LogP contribution is 2.74. The second-order valence-corrected chi connectivity index (χ2v) is 18.3. The average molecular weight is 688 g/mol. The highest BCUT2D eigenvalue weighted by atomic mass is 16.6. The number of hydrogen-bond donors (Lipinski definition) is 1. The van der Waals surface area contributed by atoms with Crippen molar-refractivity contribution in [1.82, 2.24) is 4.90 Å². The Morgan fingerprint density at radius 1 is 1.02 bits per heavy atom. The molecule has 2 bridgehead atoms. The number of carboxylic acids is 1. The summed E-state index contributed by atoms with van der Waals surface area (Å²) >= 11 is 0. The van der Waals surface area contributed by atoms with E-state index in [1.54, 1.807) is 0 Å². The summed E-state index contributed by atoms with van der Waals surface area (Å²) in [5.74, 6) is -1.47. The quantitative estimate of drug-likeness (QED) is 0.246. The molecule has 1 aliphatic heterocycles. The molecule has 0 spiro atoms. The molecule has 0 radical (unpaired) electrons. The summed E-state index contributed by atoms with van der Waals surface area (Å²) in [6, 6.07) is 0.0183. The van der Waals surface area contributed by atoms with Gasteiger partial charge in [0.2, 0.25) is 0 Å². The molecule has 3 saturated carbocycles. The van der Waals surface area contributed by atoms with Crippen LogP contribution in [0, 0.1) is 56.7 Å². The van der Waals surface area contributed by atoms with E-state index in [0.717, 1.165) is 31.3 Å². The van der Waals surface area contributed by atoms with Gasteiger partial charge in [-0.25, -0.2) is 0 Å². The molecular formula is C40H65NO8. The first kappa shape index (κ1) is 38.4. The molecule has 9 heteroatoms. The molecule has 0 aromatic carbocycles. The summed E-state index contributed by atoms with van der Waals surface area (Å²) in [5, 5.41) is 11.0. The fraction of sp³-hybridized carbons (Fsp3) is 0.875. The average Bonchev–Trinajstić information content (AvgIpc) is 2.98. The summed E-state index contributed by atoms with van der Waals surface area (Å²) in [7, 11) is 4.04. The van der Waals surface area contributed by atoms with Gasteiger partial charge in [0.05, 0.1) is 44.5 Å². The molecule has 12 atom stereocenters. The van der Waals surface area contributed by atoms with Crippen molar-refractivity contribution < 1.29 is 38.4 Å². The molecule has 49 heavy (non-hydrogen) atoms. The number of aliphatic carboxylic acids is 1. The monoisotopic (exact) mass is 687 g/mol. The van der Waals surface area contributed by atoms with E-state index in [-0.39, 0.29) is 41.7 Å². The first-order chi connectivity index (χ1) is 22.7. The summed E-state index contributed by atoms with van der Waals surface area (Å²) in [6.45, 7) is 22.4. The van der Waals surface area contributed by atoms with Gasteiger partial charge in [-0.2, -0.15) is 0 Å². The van der Waals surface area contributed by atoms with Crippen LogP contribution in [0.15, 0.2) is 11.6 Å². The number of carbonyl (C=O) groups is 3. The smallest absolute Gasteiger partial charge is 0.308 e. The first-order valence-corrected chi connectivity index (χ1v) is 18.8. The van der Waals surface area contributed by atoms with Gasteiger partial charge in [0, 0.05) is 23.2 Å². The van der Waals surface area contributed by atoms with Crippen LogP contribution >= 0.6 is 0 Å². The Hall–Kier alpha value is -1.81. The topological polar surface area (TPSA) is 112 Å². The zero-order chi connectivity index (χ0) is 36.5. The second-order valence-electron chi connectivity index (χ2n) is 18.3. The Kier molecular flexibility index (Phi) is 10.4. The van der Waals surface area contributed by atoms with Crippen molar-refractivity contribution >= 4 is 17.7 Å². The van der Waals surface area contributed by atoms with Crippen molar-refractivity contribution in [3.05, 3.63) is 11.6 Å². The minimum absolute atomic E-state index is 0.0183. The molecule has 0 aromatic rings. The van der Waals surface area contributed by atoms with E-state index in [1.165, 1.54) is 6.92 Å². The molecule has 4 fully saturated rings. The van der Waals surface area contributed by atoms with Crippen LogP contribution in [0.2, 0.25) is 0 Å². The predicted molar refractivity (Wildman–Crippen MR) is 188 cm³/mol. The zero-order valence-electron chi connectivity index (χ0n) is 32.4. The number of allylic oxidation sites excluding steroid dienone is 1. The lowest BCUT2D eigenvalue weighted by atomic mass is 9.34. The molecule has 1 N–H and O–H groups in total. The number of carboxylic acid groups (broad SMARTS) is 1. The van der Waals surface area contributed by atoms with Crippen LogP contribution in [0.3, 0.4) is 0 Å². The van der Waals surface area contributed by atoms with Gasteiger partial charge in [-0.1, -0.05) is 54.0 Å². The van der Waals surface area contributed by atoms with Crippen LogP contribution in [0.5, 0.6) is 0 Å². The van der Waals surface area contributed by atoms with Crippen molar-refractivity contribution in [3.8, 4) is 0 Å². The van der Waals surface area contributed by atoms with Crippen LogP contribution < -0.4 is 0 Å². The van der Waals surface area contributed by atoms with E-state index < -0.39 is 51.2 Å². The Balaban J connectivity index is 1.57. The van der Waals surface area contributed by atoms with Crippen molar-refractivity contribution in [2.75, 3.05) is 40.5 Å². The third-order valence-corrected chi connectivity index (χ3v) is 15.1. The fourth-order valence-electron chi connectivity index (χ4n) is 11.8. The van der Waals surface area contributed by atoms with Crippen molar-refractivity contribution in [1.29, 1.82) is 0 Å². The molecule has 278 valence electrons. The minimum Gasteiger partial charge on any atom is -0.481 e. The van der Waals surface area contributed by atoms with Gasteiger partial charge in [0.25, 0.3) is 0 Å². The minimum atomic E-state index is -1.06. The van der Waals surface area contributed by atoms with Gasteiger partial charge in [-0.15, -0.1) is 0 Å². The van der Waals surface area contributed by atoms with Crippen molar-refractivity contribution in [2.24, 2.45) is 56.7 Å². The lowest BCUT2D eigenvalue weighted by molar-refractivity contribution is -0.267. The molecule has 5 rings (SSSR count). The largest absolute Gasteiger partial charge is 0.481 e. The van der Waals surface area contributed by atoms with E-state index in [9.17, 15) is 19.5 Å². The lowest BCUT2D eigenvalue weighted by Gasteiger charge is -2.70. The molecular weight excluding hydrogens is 622 g/mol. The Labute approximate surface area is 295 Å². The number of carbonyl (C=O) groups excluding carboxylic acids is 2. The zero-order valence-corrected chi connectivity index (χ0v) is 32.4. The highest BCUT2D eigenvalue weighted by molar-refractivity contribution is 6.00. The maximum absolute atomic E-state index is 14.9. The number of rotatable bonds is 11. The van der Waals surface area contributed by atoms with Gasteiger partial charge >= 0.3 is 11.9 Å². The number of likely N-dealkylation sites (N-methyl/N-ethyl adjacent to an activating group) is 1. The molecule has 0 aromatic heterocycles. The number of esters is 1. The third kappa shape index (κ3) is 5.85. The van der Waals surface area contributed by atoms with Gasteiger partial charge in [0.1, 0.15) is 12.2 Å². The predicted octanol–water partition coefficient (Wildman–Crippen LogP) is 6.43. The van der Waals surface area contributed by atoms with Gasteiger partial charge in [0.15, 0.2) is 5.78 Å². The van der Waals surface area contributed by atoms with Crippen LogP contribution in [0.1, 0.15) is 101 Å². The second kappa shape index (κ2) is 13.3. The molecule has 1 unspecified atom stereocenters. The fourth-order valence-corrected chi connectivity index (χ4v) is 11.8.